The summed E-state index contributed by atoms with van der Waals surface area (Å²) in [6.45, 7) is 4.10. The van der Waals surface area contributed by atoms with Crippen LogP contribution in [0.4, 0.5) is 5.69 Å². The maximum absolute atomic E-state index is 5.06. The lowest BCUT2D eigenvalue weighted by Gasteiger charge is -2.27. The van der Waals surface area contributed by atoms with E-state index in [1.165, 1.54) is 31.5 Å². The van der Waals surface area contributed by atoms with Crippen molar-refractivity contribution in [1.82, 2.24) is 5.32 Å². The second kappa shape index (κ2) is 6.15. The van der Waals surface area contributed by atoms with Crippen LogP contribution in [0, 0.1) is 5.92 Å². The van der Waals surface area contributed by atoms with Gasteiger partial charge in [-0.2, -0.15) is 0 Å². The summed E-state index contributed by atoms with van der Waals surface area (Å²) >= 11 is 0. The number of fused-ring (bicyclic) bond motifs is 1. The van der Waals surface area contributed by atoms with Gasteiger partial charge in [0.2, 0.25) is 0 Å². The van der Waals surface area contributed by atoms with Gasteiger partial charge >= 0.3 is 0 Å². The van der Waals surface area contributed by atoms with Crippen molar-refractivity contribution >= 4 is 5.69 Å². The van der Waals surface area contributed by atoms with Gasteiger partial charge in [0.05, 0.1) is 6.61 Å². The van der Waals surface area contributed by atoms with Crippen LogP contribution in [0.3, 0.4) is 0 Å². The van der Waals surface area contributed by atoms with Gasteiger partial charge in [0, 0.05) is 32.9 Å². The van der Waals surface area contributed by atoms with Crippen LogP contribution in [0.25, 0.3) is 0 Å². The summed E-state index contributed by atoms with van der Waals surface area (Å²) in [4.78, 5) is 2.39. The maximum atomic E-state index is 5.06. The fourth-order valence-electron chi connectivity index (χ4n) is 3.38. The van der Waals surface area contributed by atoms with E-state index in [-0.39, 0.29) is 0 Å². The summed E-state index contributed by atoms with van der Waals surface area (Å²) in [5.41, 5.74) is 4.54. The summed E-state index contributed by atoms with van der Waals surface area (Å²) in [6, 6.07) is 7.14. The van der Waals surface area contributed by atoms with E-state index < -0.39 is 0 Å². The Morgan fingerprint density at radius 2 is 2.30 bits per heavy atom. The van der Waals surface area contributed by atoms with E-state index in [2.05, 4.69) is 35.5 Å². The second-order valence-electron chi connectivity index (χ2n) is 6.21. The smallest absolute Gasteiger partial charge is 0.0587 e. The van der Waals surface area contributed by atoms with E-state index in [9.17, 15) is 0 Å². The number of nitrogens with one attached hydrogen (secondary N) is 1. The molecule has 1 aromatic carbocycles. The standard InChI is InChI=1S/C17H26N2O/c1-19-8-3-4-14-10-13(5-6-17(14)19)16-11-15(16)12-18-7-9-20-2/h5-6,10,15-16,18H,3-4,7-9,11-12H2,1-2H3. The number of aryl methyl sites for hydroxylation is 1. The Kier molecular flexibility index (Phi) is 4.27. The molecule has 1 aliphatic carbocycles. The van der Waals surface area contributed by atoms with Crippen LogP contribution >= 0.6 is 0 Å². The van der Waals surface area contributed by atoms with Crippen molar-refractivity contribution in [1.29, 1.82) is 0 Å². The molecule has 20 heavy (non-hydrogen) atoms. The van der Waals surface area contributed by atoms with Crippen molar-refractivity contribution in [2.24, 2.45) is 5.92 Å². The van der Waals surface area contributed by atoms with Crippen LogP contribution < -0.4 is 10.2 Å². The molecule has 3 rings (SSSR count). The lowest BCUT2D eigenvalue weighted by atomic mass is 9.97. The van der Waals surface area contributed by atoms with Gasteiger partial charge in [0.15, 0.2) is 0 Å². The average Bonchev–Trinajstić information content (AvgIpc) is 3.23. The Hall–Kier alpha value is -1.06. The van der Waals surface area contributed by atoms with Crippen LogP contribution in [0.1, 0.15) is 29.9 Å². The summed E-state index contributed by atoms with van der Waals surface area (Å²) < 4.78 is 5.06. The van der Waals surface area contributed by atoms with Crippen LogP contribution in [-0.4, -0.2) is 40.4 Å². The lowest BCUT2D eigenvalue weighted by molar-refractivity contribution is 0.199. The van der Waals surface area contributed by atoms with Crippen molar-refractivity contribution in [2.75, 3.05) is 45.3 Å². The topological polar surface area (TPSA) is 24.5 Å². The van der Waals surface area contributed by atoms with E-state index in [4.69, 9.17) is 4.74 Å². The Labute approximate surface area is 122 Å². The minimum absolute atomic E-state index is 0.780. The highest BCUT2D eigenvalue weighted by atomic mass is 16.5. The van der Waals surface area contributed by atoms with Gasteiger partial charge in [-0.1, -0.05) is 12.1 Å². The predicted molar refractivity (Wildman–Crippen MR) is 83.6 cm³/mol. The predicted octanol–water partition coefficient (Wildman–Crippen LogP) is 2.41. The van der Waals surface area contributed by atoms with Crippen LogP contribution in [-0.2, 0) is 11.2 Å². The quantitative estimate of drug-likeness (QED) is 0.806. The van der Waals surface area contributed by atoms with Gasteiger partial charge in [-0.3, -0.25) is 0 Å². The summed E-state index contributed by atoms with van der Waals surface area (Å²) in [6.07, 6.45) is 3.88. The molecule has 2 unspecified atom stereocenters. The maximum Gasteiger partial charge on any atom is 0.0587 e. The molecule has 0 bridgehead atoms. The largest absolute Gasteiger partial charge is 0.383 e. The third kappa shape index (κ3) is 2.99. The molecule has 1 saturated carbocycles. The molecular weight excluding hydrogens is 248 g/mol. The molecular formula is C17H26N2O. The Morgan fingerprint density at radius 1 is 1.40 bits per heavy atom. The molecule has 3 nitrogen and oxygen atoms in total. The summed E-state index contributed by atoms with van der Waals surface area (Å²) in [7, 11) is 3.96. The minimum Gasteiger partial charge on any atom is -0.383 e. The highest BCUT2D eigenvalue weighted by molar-refractivity contribution is 5.57. The average molecular weight is 274 g/mol. The number of benzene rings is 1. The second-order valence-corrected chi connectivity index (χ2v) is 6.21. The van der Waals surface area contributed by atoms with Crippen LogP contribution in [0.2, 0.25) is 0 Å². The van der Waals surface area contributed by atoms with Crippen molar-refractivity contribution in [2.45, 2.75) is 25.2 Å². The Morgan fingerprint density at radius 3 is 3.15 bits per heavy atom. The number of methoxy groups -OCH3 is 1. The molecule has 110 valence electrons. The molecule has 1 aromatic rings. The summed E-state index contributed by atoms with van der Waals surface area (Å²) in [5, 5.41) is 3.48. The highest BCUT2D eigenvalue weighted by Crippen LogP contribution is 2.48. The Balaban J connectivity index is 1.57. The zero-order valence-corrected chi connectivity index (χ0v) is 12.7. The molecule has 3 heteroatoms. The molecule has 0 aromatic heterocycles. The van der Waals surface area contributed by atoms with Gasteiger partial charge in [-0.15, -0.1) is 0 Å². The first-order chi connectivity index (χ1) is 9.79. The van der Waals surface area contributed by atoms with Crippen molar-refractivity contribution in [3.05, 3.63) is 29.3 Å². The normalized spacial score (nSPS) is 24.6. The number of hydrogen-bond acceptors (Lipinski definition) is 3. The Bertz CT molecular complexity index is 460. The molecule has 1 heterocycles. The molecule has 1 fully saturated rings. The molecule has 2 atom stereocenters. The molecule has 0 amide bonds. The molecule has 2 aliphatic rings. The van der Waals surface area contributed by atoms with Crippen LogP contribution in [0.5, 0.6) is 0 Å². The number of nitrogens with zero attached hydrogens (tertiary/aromatic N) is 1. The van der Waals surface area contributed by atoms with Gasteiger partial charge in [-0.05, 0) is 54.8 Å². The fourth-order valence-corrected chi connectivity index (χ4v) is 3.38. The van der Waals surface area contributed by atoms with E-state index >= 15 is 0 Å². The van der Waals surface area contributed by atoms with E-state index in [0.29, 0.717) is 0 Å². The zero-order valence-electron chi connectivity index (χ0n) is 12.7. The molecule has 0 spiro atoms. The zero-order chi connectivity index (χ0) is 13.9. The SMILES string of the molecule is COCCNCC1CC1c1ccc2c(c1)CCCN2C. The van der Waals surface area contributed by atoms with Crippen LogP contribution in [0.15, 0.2) is 18.2 Å². The lowest BCUT2D eigenvalue weighted by Crippen LogP contribution is -2.24. The van der Waals surface area contributed by atoms with E-state index in [1.54, 1.807) is 18.2 Å². The number of ether oxygens (including phenoxy) is 1. The van der Waals surface area contributed by atoms with Gasteiger partial charge in [0.1, 0.15) is 0 Å². The molecule has 0 saturated heterocycles. The fraction of sp³-hybridized carbons (Fsp3) is 0.647. The number of hydrogen-bond donors (Lipinski definition) is 1. The first-order valence-corrected chi connectivity index (χ1v) is 7.83. The minimum atomic E-state index is 0.780. The molecule has 0 radical (unpaired) electrons. The van der Waals surface area contributed by atoms with Crippen molar-refractivity contribution < 1.29 is 4.74 Å². The summed E-state index contributed by atoms with van der Waals surface area (Å²) in [5.74, 6) is 1.61. The molecule has 1 N–H and O–H groups in total. The van der Waals surface area contributed by atoms with E-state index in [0.717, 1.165) is 31.5 Å². The highest BCUT2D eigenvalue weighted by Gasteiger charge is 2.38. The molecule has 1 aliphatic heterocycles. The third-order valence-corrected chi connectivity index (χ3v) is 4.69. The van der Waals surface area contributed by atoms with Crippen molar-refractivity contribution in [3.63, 3.8) is 0 Å². The first kappa shape index (κ1) is 13.9. The van der Waals surface area contributed by atoms with Gasteiger partial charge in [-0.25, -0.2) is 0 Å². The monoisotopic (exact) mass is 274 g/mol. The van der Waals surface area contributed by atoms with Crippen molar-refractivity contribution in [3.8, 4) is 0 Å². The number of anilines is 1. The van der Waals surface area contributed by atoms with Gasteiger partial charge in [0.25, 0.3) is 0 Å². The first-order valence-electron chi connectivity index (χ1n) is 7.83. The third-order valence-electron chi connectivity index (χ3n) is 4.69. The van der Waals surface area contributed by atoms with Gasteiger partial charge < -0.3 is 15.0 Å². The van der Waals surface area contributed by atoms with E-state index in [1.807, 2.05) is 0 Å². The number of rotatable bonds is 6.